The van der Waals surface area contributed by atoms with Crippen LogP contribution in [-0.2, 0) is 12.4 Å². The van der Waals surface area contributed by atoms with Crippen LogP contribution >= 0.6 is 0 Å². The van der Waals surface area contributed by atoms with Gasteiger partial charge in [0, 0.05) is 12.6 Å². The Hall–Kier alpha value is -3.37. The second-order valence-electron chi connectivity index (χ2n) is 5.78. The third-order valence-corrected chi connectivity index (χ3v) is 3.77. The summed E-state index contributed by atoms with van der Waals surface area (Å²) in [6, 6.07) is 6.85. The molecule has 0 atom stereocenters. The highest BCUT2D eigenvalue weighted by atomic mass is 19.4. The van der Waals surface area contributed by atoms with E-state index in [1.807, 2.05) is 0 Å². The van der Waals surface area contributed by atoms with Crippen LogP contribution in [-0.4, -0.2) is 28.7 Å². The van der Waals surface area contributed by atoms with Crippen LogP contribution < -0.4 is 4.74 Å². The summed E-state index contributed by atoms with van der Waals surface area (Å²) in [5.41, 5.74) is -2.31. The third kappa shape index (κ3) is 4.55. The van der Waals surface area contributed by atoms with Crippen molar-refractivity contribution < 1.29 is 31.1 Å². The second kappa shape index (κ2) is 7.57. The quantitative estimate of drug-likeness (QED) is 0.462. The number of aromatic amines is 1. The van der Waals surface area contributed by atoms with Crippen LogP contribution in [0, 0.1) is 0 Å². The first-order chi connectivity index (χ1) is 13.6. The van der Waals surface area contributed by atoms with Crippen molar-refractivity contribution in [2.45, 2.75) is 12.4 Å². The Morgan fingerprint density at radius 3 is 2.31 bits per heavy atom. The molecule has 3 rings (SSSR count). The standard InChI is InChI=1S/C18H12F6N4O/c1-25-9-15-16(27-28-26-15)13-6-5-12(8-14(13)18(22,23)24)29-11-4-2-3-10(7-11)17(19,20)21/h2-9H,1H3,(H,26,27,28). The fourth-order valence-corrected chi connectivity index (χ4v) is 2.55. The maximum Gasteiger partial charge on any atom is 0.417 e. The summed E-state index contributed by atoms with van der Waals surface area (Å²) in [4.78, 5) is 3.71. The molecule has 0 aliphatic heterocycles. The van der Waals surface area contributed by atoms with Crippen molar-refractivity contribution in [2.75, 3.05) is 7.05 Å². The Balaban J connectivity index is 2.02. The Morgan fingerprint density at radius 2 is 1.66 bits per heavy atom. The van der Waals surface area contributed by atoms with E-state index < -0.39 is 23.5 Å². The van der Waals surface area contributed by atoms with Crippen LogP contribution in [0.15, 0.2) is 47.5 Å². The SMILES string of the molecule is CN=Cc1n[nH]nc1-c1ccc(Oc2cccc(C(F)(F)F)c2)cc1C(F)(F)F. The van der Waals surface area contributed by atoms with Gasteiger partial charge in [0.15, 0.2) is 0 Å². The average molecular weight is 414 g/mol. The van der Waals surface area contributed by atoms with Crippen LogP contribution in [0.3, 0.4) is 0 Å². The van der Waals surface area contributed by atoms with Gasteiger partial charge in [-0.1, -0.05) is 6.07 Å². The molecule has 152 valence electrons. The topological polar surface area (TPSA) is 63.2 Å². The highest BCUT2D eigenvalue weighted by molar-refractivity contribution is 5.87. The summed E-state index contributed by atoms with van der Waals surface area (Å²) in [6.45, 7) is 0. The molecular weight excluding hydrogens is 402 g/mol. The molecule has 1 aromatic heterocycles. The smallest absolute Gasteiger partial charge is 0.417 e. The van der Waals surface area contributed by atoms with Gasteiger partial charge in [0.1, 0.15) is 22.9 Å². The predicted molar refractivity (Wildman–Crippen MR) is 91.9 cm³/mol. The van der Waals surface area contributed by atoms with Gasteiger partial charge in [-0.05, 0) is 36.4 Å². The van der Waals surface area contributed by atoms with Crippen LogP contribution in [0.5, 0.6) is 11.5 Å². The van der Waals surface area contributed by atoms with Crippen LogP contribution in [0.4, 0.5) is 26.3 Å². The number of alkyl halides is 6. The lowest BCUT2D eigenvalue weighted by molar-refractivity contribution is -0.138. The van der Waals surface area contributed by atoms with E-state index in [1.165, 1.54) is 25.4 Å². The predicted octanol–water partition coefficient (Wildman–Crippen LogP) is 5.35. The molecule has 0 spiro atoms. The summed E-state index contributed by atoms with van der Waals surface area (Å²) in [6.07, 6.45) is -8.14. The Labute approximate surface area is 160 Å². The third-order valence-electron chi connectivity index (χ3n) is 3.77. The minimum Gasteiger partial charge on any atom is -0.457 e. The molecule has 3 aromatic rings. The fraction of sp³-hybridized carbons (Fsp3) is 0.167. The highest BCUT2D eigenvalue weighted by Crippen LogP contribution is 2.40. The zero-order valence-corrected chi connectivity index (χ0v) is 14.6. The van der Waals surface area contributed by atoms with Crippen molar-refractivity contribution in [3.8, 4) is 22.8 Å². The molecule has 0 aliphatic carbocycles. The number of H-pyrrole nitrogens is 1. The summed E-state index contributed by atoms with van der Waals surface area (Å²) in [5.74, 6) is -0.532. The molecule has 0 saturated carbocycles. The second-order valence-corrected chi connectivity index (χ2v) is 5.78. The van der Waals surface area contributed by atoms with E-state index in [9.17, 15) is 26.3 Å². The summed E-state index contributed by atoms with van der Waals surface area (Å²) < 4.78 is 84.5. The number of hydrogen-bond acceptors (Lipinski definition) is 4. The van der Waals surface area contributed by atoms with Gasteiger partial charge in [-0.25, -0.2) is 0 Å². The molecule has 1 N–H and O–H groups in total. The van der Waals surface area contributed by atoms with E-state index >= 15 is 0 Å². The first-order valence-corrected chi connectivity index (χ1v) is 7.99. The van der Waals surface area contributed by atoms with E-state index in [1.54, 1.807) is 0 Å². The number of ether oxygens (including phenoxy) is 1. The van der Waals surface area contributed by atoms with Gasteiger partial charge < -0.3 is 4.74 Å². The van der Waals surface area contributed by atoms with E-state index in [0.717, 1.165) is 18.2 Å². The lowest BCUT2D eigenvalue weighted by Gasteiger charge is -2.15. The van der Waals surface area contributed by atoms with E-state index in [-0.39, 0.29) is 28.5 Å². The normalized spacial score (nSPS) is 12.5. The van der Waals surface area contributed by atoms with Crippen molar-refractivity contribution in [3.05, 3.63) is 59.3 Å². The van der Waals surface area contributed by atoms with Gasteiger partial charge in [0.05, 0.1) is 17.3 Å². The van der Waals surface area contributed by atoms with Gasteiger partial charge in [-0.15, -0.1) is 0 Å². The molecule has 0 bridgehead atoms. The number of halogens is 6. The van der Waals surface area contributed by atoms with Gasteiger partial charge >= 0.3 is 12.4 Å². The number of aliphatic imine (C=N–C) groups is 1. The van der Waals surface area contributed by atoms with Gasteiger partial charge in [-0.3, -0.25) is 4.99 Å². The minimum atomic E-state index is -4.78. The molecule has 0 unspecified atom stereocenters. The molecule has 2 aromatic carbocycles. The molecular formula is C18H12F6N4O. The number of hydrogen-bond donors (Lipinski definition) is 1. The average Bonchev–Trinajstić information content (AvgIpc) is 3.09. The van der Waals surface area contributed by atoms with Crippen molar-refractivity contribution in [3.63, 3.8) is 0 Å². The fourth-order valence-electron chi connectivity index (χ4n) is 2.55. The Morgan fingerprint density at radius 1 is 0.931 bits per heavy atom. The van der Waals surface area contributed by atoms with Crippen LogP contribution in [0.1, 0.15) is 16.8 Å². The maximum atomic E-state index is 13.6. The number of aromatic nitrogens is 3. The molecule has 29 heavy (non-hydrogen) atoms. The Kier molecular flexibility index (Phi) is 5.31. The first-order valence-electron chi connectivity index (χ1n) is 7.99. The van der Waals surface area contributed by atoms with Crippen molar-refractivity contribution in [2.24, 2.45) is 4.99 Å². The van der Waals surface area contributed by atoms with Crippen molar-refractivity contribution >= 4 is 6.21 Å². The van der Waals surface area contributed by atoms with Gasteiger partial charge in [-0.2, -0.15) is 41.8 Å². The maximum absolute atomic E-state index is 13.6. The summed E-state index contributed by atoms with van der Waals surface area (Å²) in [7, 11) is 1.43. The number of nitrogens with zero attached hydrogens (tertiary/aromatic N) is 3. The first kappa shape index (κ1) is 20.4. The molecule has 5 nitrogen and oxygen atoms in total. The lowest BCUT2D eigenvalue weighted by atomic mass is 10.0. The zero-order chi connectivity index (χ0) is 21.2. The lowest BCUT2D eigenvalue weighted by Crippen LogP contribution is -2.08. The Bertz CT molecular complexity index is 1040. The van der Waals surface area contributed by atoms with Crippen LogP contribution in [0.25, 0.3) is 11.3 Å². The largest absolute Gasteiger partial charge is 0.457 e. The minimum absolute atomic E-state index is 0.0754. The van der Waals surface area contributed by atoms with Crippen molar-refractivity contribution in [1.29, 1.82) is 0 Å². The summed E-state index contributed by atoms with van der Waals surface area (Å²) in [5, 5.41) is 9.71. The monoisotopic (exact) mass is 414 g/mol. The van der Waals surface area contributed by atoms with E-state index in [0.29, 0.717) is 12.1 Å². The summed E-state index contributed by atoms with van der Waals surface area (Å²) >= 11 is 0. The molecule has 0 fully saturated rings. The molecule has 0 saturated heterocycles. The van der Waals surface area contributed by atoms with Crippen molar-refractivity contribution in [1.82, 2.24) is 15.4 Å². The van der Waals surface area contributed by atoms with Gasteiger partial charge in [0.25, 0.3) is 0 Å². The van der Waals surface area contributed by atoms with E-state index in [4.69, 9.17) is 4.74 Å². The van der Waals surface area contributed by atoms with Gasteiger partial charge in [0.2, 0.25) is 0 Å². The molecule has 0 radical (unpaired) electrons. The zero-order valence-electron chi connectivity index (χ0n) is 14.6. The van der Waals surface area contributed by atoms with Crippen LogP contribution in [0.2, 0.25) is 0 Å². The molecule has 11 heteroatoms. The molecule has 0 aliphatic rings. The number of rotatable bonds is 4. The number of benzene rings is 2. The molecule has 1 heterocycles. The number of nitrogens with one attached hydrogen (secondary N) is 1. The van der Waals surface area contributed by atoms with E-state index in [2.05, 4.69) is 20.4 Å². The molecule has 0 amide bonds. The highest BCUT2D eigenvalue weighted by Gasteiger charge is 2.36.